The molecule has 1 heterocycles. The number of rotatable bonds is 6. The molecule has 5 nitrogen and oxygen atoms in total. The van der Waals surface area contributed by atoms with Crippen LogP contribution in [0.4, 0.5) is 0 Å². The molecular formula is C21H13NO4. The zero-order chi connectivity index (χ0) is 18.5. The van der Waals surface area contributed by atoms with Crippen LogP contribution in [0.15, 0.2) is 54.9 Å². The molecule has 126 valence electrons. The maximum atomic E-state index is 11.1. The fraction of sp³-hybridized carbons (Fsp3) is 0. The van der Waals surface area contributed by atoms with E-state index in [1.54, 1.807) is 36.7 Å². The van der Waals surface area contributed by atoms with Crippen molar-refractivity contribution in [2.75, 3.05) is 0 Å². The summed E-state index contributed by atoms with van der Waals surface area (Å²) in [4.78, 5) is 48.6. The second kappa shape index (κ2) is 7.44. The monoisotopic (exact) mass is 343 g/mol. The highest BCUT2D eigenvalue weighted by Gasteiger charge is 2.08. The van der Waals surface area contributed by atoms with Crippen molar-refractivity contribution in [3.8, 4) is 22.3 Å². The van der Waals surface area contributed by atoms with Gasteiger partial charge in [-0.2, -0.15) is 0 Å². The number of nitrogens with zero attached hydrogens (tertiary/aromatic N) is 1. The molecule has 0 bridgehead atoms. The summed E-state index contributed by atoms with van der Waals surface area (Å²) >= 11 is 0. The smallest absolute Gasteiger partial charge is 0.150 e. The van der Waals surface area contributed by atoms with Gasteiger partial charge in [0.05, 0.1) is 0 Å². The molecule has 5 heteroatoms. The third-order valence-corrected chi connectivity index (χ3v) is 3.90. The minimum Gasteiger partial charge on any atom is -0.298 e. The summed E-state index contributed by atoms with van der Waals surface area (Å²) in [5.41, 5.74) is 4.32. The van der Waals surface area contributed by atoms with Crippen molar-refractivity contribution in [3.63, 3.8) is 0 Å². The maximum absolute atomic E-state index is 11.1. The number of aldehydes is 4. The Bertz CT molecular complexity index is 893. The molecular weight excluding hydrogens is 330 g/mol. The molecule has 0 aliphatic carbocycles. The molecule has 0 N–H and O–H groups in total. The van der Waals surface area contributed by atoms with Crippen LogP contribution in [0.5, 0.6) is 0 Å². The third kappa shape index (κ3) is 3.52. The van der Waals surface area contributed by atoms with Gasteiger partial charge in [-0.25, -0.2) is 0 Å². The summed E-state index contributed by atoms with van der Waals surface area (Å²) < 4.78 is 0. The second-order valence-corrected chi connectivity index (χ2v) is 5.71. The summed E-state index contributed by atoms with van der Waals surface area (Å²) in [6.07, 6.45) is 5.95. The number of hydrogen-bond acceptors (Lipinski definition) is 5. The molecule has 2 aromatic carbocycles. The predicted octanol–water partition coefficient (Wildman–Crippen LogP) is 3.67. The number of pyridine rings is 1. The molecule has 0 saturated carbocycles. The van der Waals surface area contributed by atoms with Crippen LogP contribution in [0.25, 0.3) is 22.3 Å². The van der Waals surface area contributed by atoms with Crippen molar-refractivity contribution in [1.82, 2.24) is 4.98 Å². The predicted molar refractivity (Wildman–Crippen MR) is 96.7 cm³/mol. The Morgan fingerprint density at radius 1 is 0.462 bits per heavy atom. The number of hydrogen-bond donors (Lipinski definition) is 0. The average molecular weight is 343 g/mol. The average Bonchev–Trinajstić information content (AvgIpc) is 2.72. The fourth-order valence-electron chi connectivity index (χ4n) is 2.71. The van der Waals surface area contributed by atoms with Crippen LogP contribution in [-0.2, 0) is 0 Å². The molecule has 0 spiro atoms. The van der Waals surface area contributed by atoms with Gasteiger partial charge in [-0.05, 0) is 53.6 Å². The minimum atomic E-state index is 0.390. The highest BCUT2D eigenvalue weighted by molar-refractivity contribution is 5.88. The van der Waals surface area contributed by atoms with E-state index in [9.17, 15) is 19.2 Å². The van der Waals surface area contributed by atoms with Gasteiger partial charge in [0.15, 0.2) is 0 Å². The molecule has 1 aromatic heterocycles. The van der Waals surface area contributed by atoms with Crippen molar-refractivity contribution in [1.29, 1.82) is 0 Å². The van der Waals surface area contributed by atoms with Crippen molar-refractivity contribution < 1.29 is 19.2 Å². The largest absolute Gasteiger partial charge is 0.298 e. The zero-order valence-electron chi connectivity index (χ0n) is 13.6. The van der Waals surface area contributed by atoms with Gasteiger partial charge in [0.2, 0.25) is 0 Å². The minimum absolute atomic E-state index is 0.390. The van der Waals surface area contributed by atoms with Crippen LogP contribution in [0, 0.1) is 0 Å². The van der Waals surface area contributed by atoms with E-state index in [-0.39, 0.29) is 0 Å². The molecule has 0 aliphatic heterocycles. The summed E-state index contributed by atoms with van der Waals surface area (Å²) in [7, 11) is 0. The van der Waals surface area contributed by atoms with Gasteiger partial charge < -0.3 is 0 Å². The normalized spacial score (nSPS) is 10.2. The van der Waals surface area contributed by atoms with Crippen molar-refractivity contribution >= 4 is 25.1 Å². The van der Waals surface area contributed by atoms with E-state index in [4.69, 9.17) is 0 Å². The lowest BCUT2D eigenvalue weighted by molar-refractivity contribution is 0.111. The Morgan fingerprint density at radius 2 is 0.808 bits per heavy atom. The lowest BCUT2D eigenvalue weighted by Gasteiger charge is -2.08. The van der Waals surface area contributed by atoms with Crippen LogP contribution in [0.3, 0.4) is 0 Å². The molecule has 0 amide bonds. The van der Waals surface area contributed by atoms with Crippen LogP contribution in [0.2, 0.25) is 0 Å². The Hall–Kier alpha value is -3.73. The molecule has 0 aliphatic rings. The van der Waals surface area contributed by atoms with Gasteiger partial charge in [-0.3, -0.25) is 24.2 Å². The van der Waals surface area contributed by atoms with E-state index in [0.717, 1.165) is 0 Å². The van der Waals surface area contributed by atoms with Crippen LogP contribution in [0.1, 0.15) is 41.4 Å². The highest BCUT2D eigenvalue weighted by atomic mass is 16.1. The third-order valence-electron chi connectivity index (χ3n) is 3.90. The number of carbonyl (C=O) groups is 4. The summed E-state index contributed by atoms with van der Waals surface area (Å²) in [6.45, 7) is 0. The van der Waals surface area contributed by atoms with Gasteiger partial charge in [-0.15, -0.1) is 0 Å². The maximum Gasteiger partial charge on any atom is 0.150 e. The van der Waals surface area contributed by atoms with Crippen molar-refractivity contribution in [2.45, 2.75) is 0 Å². The first-order valence-corrected chi connectivity index (χ1v) is 7.73. The standard InChI is InChI=1S/C21H13NO4/c23-10-14-1-15(11-24)4-18(3-14)20-7-21(9-22-8-20)19-5-16(12-25)2-17(6-19)13-26/h1-13H. The molecule has 0 radical (unpaired) electrons. The molecule has 0 fully saturated rings. The van der Waals surface area contributed by atoms with Crippen molar-refractivity contribution in [3.05, 3.63) is 77.1 Å². The SMILES string of the molecule is O=Cc1cc(C=O)cc(-c2cncc(-c3cc(C=O)cc(C=O)c3)c2)c1. The van der Waals surface area contributed by atoms with Crippen LogP contribution < -0.4 is 0 Å². The first-order chi connectivity index (χ1) is 12.7. The number of aromatic nitrogens is 1. The quantitative estimate of drug-likeness (QED) is 0.638. The Morgan fingerprint density at radius 3 is 1.12 bits per heavy atom. The molecule has 0 unspecified atom stereocenters. The number of benzene rings is 2. The van der Waals surface area contributed by atoms with E-state index in [1.807, 2.05) is 6.07 Å². The zero-order valence-corrected chi connectivity index (χ0v) is 13.6. The summed E-state index contributed by atoms with van der Waals surface area (Å²) in [6, 6.07) is 11.5. The van der Waals surface area contributed by atoms with Gasteiger partial charge in [0, 0.05) is 45.8 Å². The number of carbonyl (C=O) groups excluding carboxylic acids is 4. The summed E-state index contributed by atoms with van der Waals surface area (Å²) in [5.74, 6) is 0. The van der Waals surface area contributed by atoms with Gasteiger partial charge in [0.25, 0.3) is 0 Å². The van der Waals surface area contributed by atoms with E-state index >= 15 is 0 Å². The lowest BCUT2D eigenvalue weighted by Crippen LogP contribution is -1.92. The van der Waals surface area contributed by atoms with Crippen LogP contribution >= 0.6 is 0 Å². The fourth-order valence-corrected chi connectivity index (χ4v) is 2.71. The van der Waals surface area contributed by atoms with Gasteiger partial charge in [0.1, 0.15) is 25.1 Å². The topological polar surface area (TPSA) is 81.2 Å². The van der Waals surface area contributed by atoms with Crippen LogP contribution in [-0.4, -0.2) is 30.1 Å². The molecule has 26 heavy (non-hydrogen) atoms. The lowest BCUT2D eigenvalue weighted by atomic mass is 9.97. The molecule has 3 rings (SSSR count). The van der Waals surface area contributed by atoms with Crippen molar-refractivity contribution in [2.24, 2.45) is 0 Å². The second-order valence-electron chi connectivity index (χ2n) is 5.71. The summed E-state index contributed by atoms with van der Waals surface area (Å²) in [5, 5.41) is 0. The highest BCUT2D eigenvalue weighted by Crippen LogP contribution is 2.27. The van der Waals surface area contributed by atoms with E-state index in [2.05, 4.69) is 4.98 Å². The van der Waals surface area contributed by atoms with E-state index in [0.29, 0.717) is 69.7 Å². The first kappa shape index (κ1) is 17.1. The molecule has 0 saturated heterocycles. The van der Waals surface area contributed by atoms with Gasteiger partial charge >= 0.3 is 0 Å². The Kier molecular flexibility index (Phi) is 4.90. The van der Waals surface area contributed by atoms with E-state index < -0.39 is 0 Å². The van der Waals surface area contributed by atoms with Gasteiger partial charge in [-0.1, -0.05) is 0 Å². The molecule has 3 aromatic rings. The first-order valence-electron chi connectivity index (χ1n) is 7.73. The Labute approximate surface area is 149 Å². The van der Waals surface area contributed by atoms with E-state index in [1.165, 1.54) is 12.1 Å². The Balaban J connectivity index is 2.12. The molecule has 0 atom stereocenters.